The average molecular weight is 429 g/mol. The second-order valence-corrected chi connectivity index (χ2v) is 8.44. The van der Waals surface area contributed by atoms with Crippen LogP contribution in [0.25, 0.3) is 10.9 Å². The molecule has 1 saturated heterocycles. The quantitative estimate of drug-likeness (QED) is 0.676. The normalized spacial score (nSPS) is 14.9. The Bertz CT molecular complexity index is 1060. The molecule has 0 atom stereocenters. The van der Waals surface area contributed by atoms with Crippen molar-refractivity contribution in [3.8, 4) is 0 Å². The number of nitrogens with zero attached hydrogens (tertiary/aromatic N) is 2. The first kappa shape index (κ1) is 22.3. The van der Waals surface area contributed by atoms with Crippen LogP contribution in [0.1, 0.15) is 54.6 Å². The van der Waals surface area contributed by atoms with E-state index in [0.717, 1.165) is 0 Å². The van der Waals surface area contributed by atoms with Crippen molar-refractivity contribution in [3.63, 3.8) is 0 Å². The van der Waals surface area contributed by atoms with Gasteiger partial charge in [0.15, 0.2) is 5.82 Å². The van der Waals surface area contributed by atoms with Crippen LogP contribution in [0.4, 0.5) is 4.79 Å². The lowest BCUT2D eigenvalue weighted by Crippen LogP contribution is -2.48. The van der Waals surface area contributed by atoms with Crippen molar-refractivity contribution in [2.24, 2.45) is 0 Å². The van der Waals surface area contributed by atoms with Gasteiger partial charge < -0.3 is 25.3 Å². The molecule has 10 heteroatoms. The van der Waals surface area contributed by atoms with Crippen LogP contribution in [0, 0.1) is 0 Å². The molecule has 1 aliphatic rings. The minimum Gasteiger partial charge on any atom is -0.444 e. The molecule has 0 aliphatic carbocycles. The largest absolute Gasteiger partial charge is 0.444 e. The molecule has 31 heavy (non-hydrogen) atoms. The maximum Gasteiger partial charge on any atom is 0.410 e. The van der Waals surface area contributed by atoms with E-state index >= 15 is 0 Å². The summed E-state index contributed by atoms with van der Waals surface area (Å²) in [5, 5.41) is 5.65. The number of hydrogen-bond donors (Lipinski definition) is 3. The Morgan fingerprint density at radius 2 is 1.84 bits per heavy atom. The smallest absolute Gasteiger partial charge is 0.410 e. The van der Waals surface area contributed by atoms with Crippen LogP contribution in [0.2, 0.25) is 0 Å². The molecule has 3 rings (SSSR count). The van der Waals surface area contributed by atoms with E-state index in [1.54, 1.807) is 4.90 Å². The molecule has 1 fully saturated rings. The topological polar surface area (TPSA) is 133 Å². The van der Waals surface area contributed by atoms with Crippen LogP contribution in [0.15, 0.2) is 23.0 Å². The summed E-state index contributed by atoms with van der Waals surface area (Å²) in [5.41, 5.74) is -0.421. The molecule has 2 aromatic rings. The highest BCUT2D eigenvalue weighted by Crippen LogP contribution is 2.16. The zero-order valence-corrected chi connectivity index (χ0v) is 18.1. The third-order valence-electron chi connectivity index (χ3n) is 4.89. The first-order chi connectivity index (χ1) is 14.6. The molecule has 3 amide bonds. The number of fused-ring (bicyclic) bond motifs is 1. The number of aromatic nitrogens is 2. The van der Waals surface area contributed by atoms with Crippen LogP contribution in [-0.2, 0) is 4.74 Å². The van der Waals surface area contributed by atoms with Crippen LogP contribution in [-0.4, -0.2) is 64.6 Å². The van der Waals surface area contributed by atoms with Crippen molar-refractivity contribution in [2.45, 2.75) is 45.3 Å². The summed E-state index contributed by atoms with van der Waals surface area (Å²) in [5.74, 6) is -0.951. The number of carbonyl (C=O) groups excluding carboxylic acids is 3. The van der Waals surface area contributed by atoms with Crippen molar-refractivity contribution in [2.75, 3.05) is 20.1 Å². The fraction of sp³-hybridized carbons (Fsp3) is 0.476. The molecule has 1 aromatic carbocycles. The van der Waals surface area contributed by atoms with E-state index in [4.69, 9.17) is 4.74 Å². The third kappa shape index (κ3) is 5.39. The molecule has 3 N–H and O–H groups in total. The summed E-state index contributed by atoms with van der Waals surface area (Å²) in [6.45, 7) is 6.35. The van der Waals surface area contributed by atoms with Crippen molar-refractivity contribution in [1.82, 2.24) is 25.5 Å². The van der Waals surface area contributed by atoms with Gasteiger partial charge in [0.25, 0.3) is 17.4 Å². The van der Waals surface area contributed by atoms with E-state index in [1.165, 1.54) is 25.2 Å². The highest BCUT2D eigenvalue weighted by molar-refractivity contribution is 5.98. The Kier molecular flexibility index (Phi) is 6.28. The Morgan fingerprint density at radius 1 is 1.16 bits per heavy atom. The summed E-state index contributed by atoms with van der Waals surface area (Å²) >= 11 is 0. The Morgan fingerprint density at radius 3 is 2.45 bits per heavy atom. The van der Waals surface area contributed by atoms with Gasteiger partial charge in [0.1, 0.15) is 5.60 Å². The molecule has 0 unspecified atom stereocenters. The second-order valence-electron chi connectivity index (χ2n) is 8.44. The number of benzene rings is 1. The summed E-state index contributed by atoms with van der Waals surface area (Å²) < 4.78 is 5.37. The van der Waals surface area contributed by atoms with Gasteiger partial charge in [-0.1, -0.05) is 0 Å². The zero-order chi connectivity index (χ0) is 22.8. The van der Waals surface area contributed by atoms with Gasteiger partial charge in [-0.2, -0.15) is 0 Å². The minimum absolute atomic E-state index is 0.124. The maximum absolute atomic E-state index is 12.7. The highest BCUT2D eigenvalue weighted by atomic mass is 16.6. The van der Waals surface area contributed by atoms with Gasteiger partial charge in [-0.05, 0) is 51.8 Å². The van der Waals surface area contributed by atoms with Gasteiger partial charge >= 0.3 is 6.09 Å². The molecule has 0 spiro atoms. The van der Waals surface area contributed by atoms with Gasteiger partial charge in [0.2, 0.25) is 0 Å². The van der Waals surface area contributed by atoms with Crippen LogP contribution in [0.3, 0.4) is 0 Å². The minimum atomic E-state index is -0.562. The highest BCUT2D eigenvalue weighted by Gasteiger charge is 2.28. The fourth-order valence-corrected chi connectivity index (χ4v) is 3.32. The summed E-state index contributed by atoms with van der Waals surface area (Å²) in [4.78, 5) is 57.3. The second kappa shape index (κ2) is 8.75. The van der Waals surface area contributed by atoms with E-state index < -0.39 is 17.1 Å². The number of ether oxygens (including phenoxy) is 1. The van der Waals surface area contributed by atoms with Crippen LogP contribution >= 0.6 is 0 Å². The lowest BCUT2D eigenvalue weighted by atomic mass is 10.1. The van der Waals surface area contributed by atoms with E-state index in [1.807, 2.05) is 20.8 Å². The SMILES string of the molecule is CNC(=O)c1ccc2c(=O)[nH]c(C(=O)NC3CCN(C(=O)OC(C)(C)C)CC3)nc2c1. The van der Waals surface area contributed by atoms with Crippen LogP contribution in [0.5, 0.6) is 0 Å². The van der Waals surface area contributed by atoms with Gasteiger partial charge in [0, 0.05) is 31.7 Å². The van der Waals surface area contributed by atoms with E-state index in [0.29, 0.717) is 31.5 Å². The molecular weight excluding hydrogens is 402 g/mol. The maximum atomic E-state index is 12.7. The predicted molar refractivity (Wildman–Crippen MR) is 114 cm³/mol. The third-order valence-corrected chi connectivity index (χ3v) is 4.89. The first-order valence-electron chi connectivity index (χ1n) is 10.1. The molecule has 0 saturated carbocycles. The Balaban J connectivity index is 1.67. The molecule has 0 bridgehead atoms. The van der Waals surface area contributed by atoms with E-state index in [9.17, 15) is 19.2 Å². The Hall–Kier alpha value is -3.43. The number of likely N-dealkylation sites (tertiary alicyclic amines) is 1. The van der Waals surface area contributed by atoms with Crippen LogP contribution < -0.4 is 16.2 Å². The molecule has 10 nitrogen and oxygen atoms in total. The fourth-order valence-electron chi connectivity index (χ4n) is 3.32. The summed E-state index contributed by atoms with van der Waals surface area (Å²) in [7, 11) is 1.50. The monoisotopic (exact) mass is 429 g/mol. The number of H-pyrrole nitrogens is 1. The molecular formula is C21H27N5O5. The summed E-state index contributed by atoms with van der Waals surface area (Å²) in [6.07, 6.45) is 0.748. The lowest BCUT2D eigenvalue weighted by molar-refractivity contribution is 0.0199. The molecule has 166 valence electrons. The average Bonchev–Trinajstić information content (AvgIpc) is 2.71. The summed E-state index contributed by atoms with van der Waals surface area (Å²) in [6, 6.07) is 4.33. The van der Waals surface area contributed by atoms with Crippen molar-refractivity contribution >= 4 is 28.8 Å². The standard InChI is InChI=1S/C21H27N5O5/c1-21(2,3)31-20(30)26-9-7-13(8-10-26)23-19(29)16-24-15-11-12(17(27)22-4)5-6-14(15)18(28)25-16/h5-6,11,13H,7-10H2,1-4H3,(H,22,27)(H,23,29)(H,24,25,28). The number of piperidine rings is 1. The molecule has 1 aliphatic heterocycles. The van der Waals surface area contributed by atoms with Gasteiger partial charge in [-0.15, -0.1) is 0 Å². The van der Waals surface area contributed by atoms with E-state index in [2.05, 4.69) is 20.6 Å². The van der Waals surface area contributed by atoms with Crippen molar-refractivity contribution in [3.05, 3.63) is 39.9 Å². The number of nitrogens with one attached hydrogen (secondary N) is 3. The van der Waals surface area contributed by atoms with Gasteiger partial charge in [0.05, 0.1) is 10.9 Å². The Labute approximate surface area is 179 Å². The van der Waals surface area contributed by atoms with Crippen molar-refractivity contribution < 1.29 is 19.1 Å². The van der Waals surface area contributed by atoms with E-state index in [-0.39, 0.29) is 34.8 Å². The van der Waals surface area contributed by atoms with Gasteiger partial charge in [-0.25, -0.2) is 9.78 Å². The first-order valence-corrected chi connectivity index (χ1v) is 10.1. The lowest BCUT2D eigenvalue weighted by Gasteiger charge is -2.33. The predicted octanol–water partition coefficient (Wildman–Crippen LogP) is 1.41. The number of aromatic amines is 1. The molecule has 2 heterocycles. The zero-order valence-electron chi connectivity index (χ0n) is 18.1. The number of rotatable bonds is 3. The number of carbonyl (C=O) groups is 3. The van der Waals surface area contributed by atoms with Gasteiger partial charge in [-0.3, -0.25) is 14.4 Å². The number of amides is 3. The van der Waals surface area contributed by atoms with Crippen molar-refractivity contribution in [1.29, 1.82) is 0 Å². The molecule has 0 radical (unpaired) electrons. The number of hydrogen-bond acceptors (Lipinski definition) is 6. The molecule has 1 aromatic heterocycles.